The second-order valence-corrected chi connectivity index (χ2v) is 4.96. The zero-order valence-corrected chi connectivity index (χ0v) is 11.5. The molecule has 0 saturated carbocycles. The average molecular weight is 265 g/mol. The van der Waals surface area contributed by atoms with E-state index in [-0.39, 0.29) is 6.61 Å². The van der Waals surface area contributed by atoms with E-state index in [2.05, 4.69) is 11.2 Å². The Labute approximate surface area is 112 Å². The molecule has 0 aliphatic carbocycles. The first kappa shape index (κ1) is 13.8. The van der Waals surface area contributed by atoms with E-state index < -0.39 is 11.5 Å². The third-order valence-corrected chi connectivity index (χ3v) is 3.70. The molecule has 2 rings (SSSR count). The second-order valence-electron chi connectivity index (χ2n) is 4.96. The van der Waals surface area contributed by atoms with E-state index in [0.29, 0.717) is 30.2 Å². The van der Waals surface area contributed by atoms with Crippen LogP contribution < -0.4 is 4.74 Å². The van der Waals surface area contributed by atoms with E-state index in [0.717, 1.165) is 6.42 Å². The van der Waals surface area contributed by atoms with E-state index in [1.165, 1.54) is 7.11 Å². The molecule has 2 atom stereocenters. The van der Waals surface area contributed by atoms with Crippen LogP contribution in [0.2, 0.25) is 0 Å². The van der Waals surface area contributed by atoms with Gasteiger partial charge in [0.25, 0.3) is 0 Å². The van der Waals surface area contributed by atoms with Crippen LogP contribution in [0.25, 0.3) is 0 Å². The van der Waals surface area contributed by atoms with Crippen molar-refractivity contribution in [1.82, 2.24) is 9.78 Å². The van der Waals surface area contributed by atoms with Crippen molar-refractivity contribution < 1.29 is 14.6 Å². The van der Waals surface area contributed by atoms with E-state index in [1.807, 2.05) is 0 Å². The maximum Gasteiger partial charge on any atom is 0.217 e. The van der Waals surface area contributed by atoms with Gasteiger partial charge >= 0.3 is 0 Å². The van der Waals surface area contributed by atoms with Crippen LogP contribution in [0.1, 0.15) is 30.2 Å². The largest absolute Gasteiger partial charge is 0.481 e. The Bertz CT molecular complexity index is 498. The number of nitrogens with zero attached hydrogens (tertiary/aromatic N) is 3. The minimum absolute atomic E-state index is 0.238. The topological polar surface area (TPSA) is 80.3 Å². The van der Waals surface area contributed by atoms with E-state index >= 15 is 0 Å². The highest BCUT2D eigenvalue weighted by molar-refractivity contribution is 5.36. The number of nitriles is 1. The third-order valence-electron chi connectivity index (χ3n) is 3.70. The Hall–Kier alpha value is -1.58. The molecule has 0 aromatic carbocycles. The number of aliphatic hydroxyl groups is 1. The number of aromatic nitrogens is 2. The van der Waals surface area contributed by atoms with Crippen molar-refractivity contribution in [3.63, 3.8) is 0 Å². The molecule has 1 saturated heterocycles. The van der Waals surface area contributed by atoms with Gasteiger partial charge in [-0.1, -0.05) is 0 Å². The first-order valence-corrected chi connectivity index (χ1v) is 6.30. The molecule has 1 N–H and O–H groups in total. The van der Waals surface area contributed by atoms with Gasteiger partial charge in [0.1, 0.15) is 11.5 Å². The Morgan fingerprint density at radius 1 is 1.63 bits per heavy atom. The SMILES string of the molecule is COc1c(C(O)C2(C#N)CCCOC2)c(C)nn1C. The van der Waals surface area contributed by atoms with E-state index in [4.69, 9.17) is 9.47 Å². The van der Waals surface area contributed by atoms with Gasteiger partial charge in [-0.25, -0.2) is 4.68 Å². The summed E-state index contributed by atoms with van der Waals surface area (Å²) in [4.78, 5) is 0. The molecule has 1 aliphatic rings. The molecule has 0 bridgehead atoms. The summed E-state index contributed by atoms with van der Waals surface area (Å²) in [7, 11) is 3.28. The average Bonchev–Trinajstić information content (AvgIpc) is 2.72. The number of rotatable bonds is 3. The first-order chi connectivity index (χ1) is 9.05. The fourth-order valence-corrected chi connectivity index (χ4v) is 2.67. The number of ether oxygens (including phenoxy) is 2. The predicted molar refractivity (Wildman–Crippen MR) is 67.6 cm³/mol. The zero-order valence-electron chi connectivity index (χ0n) is 11.5. The fourth-order valence-electron chi connectivity index (χ4n) is 2.67. The Kier molecular flexibility index (Phi) is 3.78. The van der Waals surface area contributed by atoms with Crippen LogP contribution in [-0.2, 0) is 11.8 Å². The molecule has 2 heterocycles. The highest BCUT2D eigenvalue weighted by Gasteiger charge is 2.44. The molecule has 1 fully saturated rings. The van der Waals surface area contributed by atoms with Crippen molar-refractivity contribution in [2.24, 2.45) is 12.5 Å². The lowest BCUT2D eigenvalue weighted by Crippen LogP contribution is -2.36. The minimum Gasteiger partial charge on any atom is -0.481 e. The van der Waals surface area contributed by atoms with Gasteiger partial charge in [-0.05, 0) is 19.8 Å². The van der Waals surface area contributed by atoms with Crippen LogP contribution in [-0.4, -0.2) is 35.2 Å². The summed E-state index contributed by atoms with van der Waals surface area (Å²) in [5, 5.41) is 24.4. The maximum absolute atomic E-state index is 10.7. The maximum atomic E-state index is 10.7. The van der Waals surface area contributed by atoms with Crippen molar-refractivity contribution in [1.29, 1.82) is 5.26 Å². The van der Waals surface area contributed by atoms with Crippen LogP contribution >= 0.6 is 0 Å². The predicted octanol–water partition coefficient (Wildman–Crippen LogP) is 1.09. The van der Waals surface area contributed by atoms with Gasteiger partial charge in [0.2, 0.25) is 5.88 Å². The fraction of sp³-hybridized carbons (Fsp3) is 0.692. The van der Waals surface area contributed by atoms with Gasteiger partial charge < -0.3 is 14.6 Å². The van der Waals surface area contributed by atoms with Crippen molar-refractivity contribution in [2.75, 3.05) is 20.3 Å². The summed E-state index contributed by atoms with van der Waals surface area (Å²) in [6, 6.07) is 2.24. The van der Waals surface area contributed by atoms with Gasteiger partial charge in [-0.2, -0.15) is 10.4 Å². The summed E-state index contributed by atoms with van der Waals surface area (Å²) in [6.45, 7) is 2.68. The van der Waals surface area contributed by atoms with Gasteiger partial charge in [0.05, 0.1) is 31.0 Å². The first-order valence-electron chi connectivity index (χ1n) is 6.30. The third kappa shape index (κ3) is 2.20. The van der Waals surface area contributed by atoms with Crippen molar-refractivity contribution in [3.8, 4) is 11.9 Å². The van der Waals surface area contributed by atoms with Crippen molar-refractivity contribution in [3.05, 3.63) is 11.3 Å². The smallest absolute Gasteiger partial charge is 0.217 e. The Morgan fingerprint density at radius 3 is 2.89 bits per heavy atom. The number of methoxy groups -OCH3 is 1. The van der Waals surface area contributed by atoms with Crippen LogP contribution in [0.15, 0.2) is 0 Å². The standard InChI is InChI=1S/C13H19N3O3/c1-9-10(12(18-3)16(2)15-9)11(17)13(7-14)5-4-6-19-8-13/h11,17H,4-6,8H2,1-3H3. The summed E-state index contributed by atoms with van der Waals surface area (Å²) < 4.78 is 12.2. The van der Waals surface area contributed by atoms with Gasteiger partial charge in [-0.3, -0.25) is 0 Å². The second kappa shape index (κ2) is 5.19. The highest BCUT2D eigenvalue weighted by atomic mass is 16.5. The van der Waals surface area contributed by atoms with Crippen LogP contribution in [0, 0.1) is 23.7 Å². The molecule has 1 aromatic rings. The molecular weight excluding hydrogens is 246 g/mol. The lowest BCUT2D eigenvalue weighted by molar-refractivity contribution is -0.0515. The molecule has 19 heavy (non-hydrogen) atoms. The zero-order chi connectivity index (χ0) is 14.0. The summed E-state index contributed by atoms with van der Waals surface area (Å²) in [6.07, 6.45) is 0.426. The molecule has 0 spiro atoms. The van der Waals surface area contributed by atoms with Crippen LogP contribution in [0.3, 0.4) is 0 Å². The highest BCUT2D eigenvalue weighted by Crippen LogP contribution is 2.44. The molecule has 104 valence electrons. The molecular formula is C13H19N3O3. The summed E-state index contributed by atoms with van der Waals surface area (Å²) in [5.74, 6) is 0.491. The monoisotopic (exact) mass is 265 g/mol. The molecule has 6 nitrogen and oxygen atoms in total. The van der Waals surface area contributed by atoms with Crippen molar-refractivity contribution >= 4 is 0 Å². The molecule has 6 heteroatoms. The number of aliphatic hydroxyl groups excluding tert-OH is 1. The quantitative estimate of drug-likeness (QED) is 0.885. The Balaban J connectivity index is 2.43. The normalized spacial score (nSPS) is 24.8. The van der Waals surface area contributed by atoms with Gasteiger partial charge in [0, 0.05) is 13.7 Å². The summed E-state index contributed by atoms with van der Waals surface area (Å²) >= 11 is 0. The van der Waals surface area contributed by atoms with Gasteiger partial charge in [-0.15, -0.1) is 0 Å². The number of aryl methyl sites for hydroxylation is 2. The molecule has 0 radical (unpaired) electrons. The number of hydrogen-bond donors (Lipinski definition) is 1. The lowest BCUT2D eigenvalue weighted by atomic mass is 9.76. The Morgan fingerprint density at radius 2 is 2.37 bits per heavy atom. The minimum atomic E-state index is -0.957. The molecule has 0 amide bonds. The van der Waals surface area contributed by atoms with E-state index in [9.17, 15) is 10.4 Å². The van der Waals surface area contributed by atoms with Crippen molar-refractivity contribution in [2.45, 2.75) is 25.9 Å². The summed E-state index contributed by atoms with van der Waals surface area (Å²) in [5.41, 5.74) is 0.336. The molecule has 1 aliphatic heterocycles. The number of hydrogen-bond acceptors (Lipinski definition) is 5. The molecule has 1 aromatic heterocycles. The van der Waals surface area contributed by atoms with Crippen LogP contribution in [0.4, 0.5) is 0 Å². The molecule has 2 unspecified atom stereocenters. The van der Waals surface area contributed by atoms with E-state index in [1.54, 1.807) is 18.7 Å². The van der Waals surface area contributed by atoms with Crippen LogP contribution in [0.5, 0.6) is 5.88 Å². The van der Waals surface area contributed by atoms with Gasteiger partial charge in [0.15, 0.2) is 0 Å². The lowest BCUT2D eigenvalue weighted by Gasteiger charge is -2.34.